The van der Waals surface area contributed by atoms with Gasteiger partial charge < -0.3 is 14.2 Å². The molecule has 7 atom stereocenters. The third kappa shape index (κ3) is 3.43. The Morgan fingerprint density at radius 3 is 2.29 bits per heavy atom. The van der Waals surface area contributed by atoms with Gasteiger partial charge in [-0.2, -0.15) is 0 Å². The first-order chi connectivity index (χ1) is 20.6. The van der Waals surface area contributed by atoms with Crippen LogP contribution in [-0.4, -0.2) is 40.6 Å². The third-order valence-electron chi connectivity index (χ3n) is 10.6. The average molecular weight is 579 g/mol. The van der Waals surface area contributed by atoms with Crippen LogP contribution in [0.5, 0.6) is 5.75 Å². The molecule has 4 aliphatic carbocycles. The molecule has 212 valence electrons. The fourth-order valence-corrected chi connectivity index (χ4v) is 10.8. The predicted octanol–water partition coefficient (Wildman–Crippen LogP) is 5.34. The van der Waals surface area contributed by atoms with Crippen molar-refractivity contribution in [2.75, 3.05) is 0 Å². The van der Waals surface area contributed by atoms with E-state index in [-0.39, 0.29) is 40.2 Å². The van der Waals surface area contributed by atoms with Gasteiger partial charge in [0.25, 0.3) is 0 Å². The maximum atomic E-state index is 14.0. The Morgan fingerprint density at radius 1 is 0.810 bits per heavy atom. The van der Waals surface area contributed by atoms with Gasteiger partial charge in [-0.3, -0.25) is 14.4 Å². The summed E-state index contributed by atoms with van der Waals surface area (Å²) >= 11 is 1.56. The van der Waals surface area contributed by atoms with Crippen molar-refractivity contribution in [1.29, 1.82) is 0 Å². The molecule has 0 N–H and O–H groups in total. The summed E-state index contributed by atoms with van der Waals surface area (Å²) in [6.07, 6.45) is 3.57. The number of carbonyl (C=O) groups is 3. The van der Waals surface area contributed by atoms with Crippen LogP contribution in [0.3, 0.4) is 0 Å². The van der Waals surface area contributed by atoms with E-state index in [1.54, 1.807) is 11.8 Å². The molecule has 3 fully saturated rings. The number of rotatable bonds is 4. The Kier molecular flexibility index (Phi) is 5.47. The second-order valence-electron chi connectivity index (χ2n) is 12.6. The van der Waals surface area contributed by atoms with Crippen LogP contribution in [-0.2, 0) is 36.7 Å². The zero-order valence-corrected chi connectivity index (χ0v) is 23.8. The monoisotopic (exact) mass is 578 g/mol. The van der Waals surface area contributed by atoms with E-state index in [9.17, 15) is 14.4 Å². The van der Waals surface area contributed by atoms with Crippen LogP contribution in [0.2, 0.25) is 0 Å². The van der Waals surface area contributed by atoms with Gasteiger partial charge in [-0.15, -0.1) is 11.8 Å². The summed E-state index contributed by atoms with van der Waals surface area (Å²) in [7, 11) is 0. The molecule has 7 aliphatic rings. The minimum Gasteiger partial charge on any atom is -0.457 e. The van der Waals surface area contributed by atoms with Crippen molar-refractivity contribution in [3.63, 3.8) is 0 Å². The first kappa shape index (κ1) is 25.0. The summed E-state index contributed by atoms with van der Waals surface area (Å²) in [5.41, 5.74) is 7.29. The standard InChI is InChI=1S/C35H30O6S/c36-33(24-16-23-19-11-3-5-13-21(19)26(24)22-14-6-4-12-20(22)23)40-29-30-32-28(35(38)41-30)27(31(29)42-32)34(37)39-25-15-7-9-17-8-1-2-10-18(17)25/h3-7,9,11-15,23-24,26-32H,1-2,8,10,16H2. The van der Waals surface area contributed by atoms with E-state index < -0.39 is 30.0 Å². The molecule has 6 nitrogen and oxygen atoms in total. The van der Waals surface area contributed by atoms with E-state index in [1.165, 1.54) is 27.8 Å². The number of thioether (sulfide) groups is 1. The Bertz CT molecular complexity index is 1620. The lowest BCUT2D eigenvalue weighted by Crippen LogP contribution is -2.49. The van der Waals surface area contributed by atoms with Crippen LogP contribution in [0.1, 0.15) is 64.5 Å². The molecule has 10 rings (SSSR count). The molecule has 0 spiro atoms. The van der Waals surface area contributed by atoms with Crippen LogP contribution >= 0.6 is 11.8 Å². The smallest absolute Gasteiger partial charge is 0.316 e. The highest BCUT2D eigenvalue weighted by Gasteiger charge is 2.71. The number of esters is 3. The molecule has 7 heteroatoms. The van der Waals surface area contributed by atoms with Crippen LogP contribution in [0.25, 0.3) is 0 Å². The van der Waals surface area contributed by atoms with Gasteiger partial charge in [-0.25, -0.2) is 0 Å². The van der Waals surface area contributed by atoms with Gasteiger partial charge in [0.05, 0.1) is 28.3 Å². The average Bonchev–Trinajstić information content (AvgIpc) is 3.65. The normalized spacial score (nSPS) is 34.3. The molecule has 0 amide bonds. The summed E-state index contributed by atoms with van der Waals surface area (Å²) in [5, 5.41) is -0.570. The van der Waals surface area contributed by atoms with Gasteiger partial charge >= 0.3 is 17.9 Å². The van der Waals surface area contributed by atoms with Gasteiger partial charge in [0.2, 0.25) is 0 Å². The number of aryl methyl sites for hydroxylation is 1. The topological polar surface area (TPSA) is 78.9 Å². The number of ether oxygens (including phenoxy) is 3. The predicted molar refractivity (Wildman–Crippen MR) is 155 cm³/mol. The fraction of sp³-hybridized carbons (Fsp3) is 0.400. The first-order valence-corrected chi connectivity index (χ1v) is 16.1. The van der Waals surface area contributed by atoms with Crippen molar-refractivity contribution in [2.24, 2.45) is 17.8 Å². The molecular weight excluding hydrogens is 548 g/mol. The SMILES string of the molecule is O=C(OC1C2OC(=O)C3C2SC1C3C(=O)Oc1cccc2c1CCCC2)C1CC2c3ccccc3C1c1ccccc12. The van der Waals surface area contributed by atoms with Gasteiger partial charge in [0.1, 0.15) is 5.75 Å². The van der Waals surface area contributed by atoms with Crippen molar-refractivity contribution >= 4 is 29.7 Å². The number of carbonyl (C=O) groups excluding carboxylic acids is 3. The molecule has 0 aromatic heterocycles. The van der Waals surface area contributed by atoms with Crippen molar-refractivity contribution in [3.8, 4) is 5.75 Å². The quantitative estimate of drug-likeness (QED) is 0.306. The van der Waals surface area contributed by atoms with E-state index in [2.05, 4.69) is 42.5 Å². The molecule has 7 unspecified atom stereocenters. The minimum absolute atomic E-state index is 0.0787. The van der Waals surface area contributed by atoms with Crippen LogP contribution < -0.4 is 4.74 Å². The third-order valence-corrected chi connectivity index (χ3v) is 12.4. The molecule has 3 aliphatic heterocycles. The largest absolute Gasteiger partial charge is 0.457 e. The zero-order valence-electron chi connectivity index (χ0n) is 22.9. The van der Waals surface area contributed by atoms with E-state index in [1.807, 2.05) is 24.3 Å². The van der Waals surface area contributed by atoms with Crippen molar-refractivity contribution < 1.29 is 28.6 Å². The molecule has 42 heavy (non-hydrogen) atoms. The van der Waals surface area contributed by atoms with Gasteiger partial charge in [-0.05, 0) is 71.6 Å². The number of hydrogen-bond acceptors (Lipinski definition) is 7. The number of hydrogen-bond donors (Lipinski definition) is 0. The Hall–Kier alpha value is -3.58. The van der Waals surface area contributed by atoms with Crippen LogP contribution in [0, 0.1) is 17.8 Å². The molecule has 3 aromatic rings. The highest BCUT2D eigenvalue weighted by Crippen LogP contribution is 2.60. The first-order valence-electron chi connectivity index (χ1n) is 15.1. The molecule has 4 bridgehead atoms. The lowest BCUT2D eigenvalue weighted by atomic mass is 9.59. The highest BCUT2D eigenvalue weighted by atomic mass is 32.2. The van der Waals surface area contributed by atoms with Gasteiger partial charge in [0, 0.05) is 11.8 Å². The lowest BCUT2D eigenvalue weighted by Gasteiger charge is -2.44. The number of fused-ring (bicyclic) bond motifs is 3. The summed E-state index contributed by atoms with van der Waals surface area (Å²) < 4.78 is 18.1. The maximum absolute atomic E-state index is 14.0. The summed E-state index contributed by atoms with van der Waals surface area (Å²) in [5.74, 6) is -2.00. The summed E-state index contributed by atoms with van der Waals surface area (Å²) in [6, 6.07) is 22.7. The second kappa shape index (κ2) is 9.21. The van der Waals surface area contributed by atoms with E-state index in [0.717, 1.165) is 31.2 Å². The maximum Gasteiger partial charge on any atom is 0.316 e. The summed E-state index contributed by atoms with van der Waals surface area (Å²) in [4.78, 5) is 40.8. The van der Waals surface area contributed by atoms with Crippen molar-refractivity contribution in [3.05, 3.63) is 100 Å². The zero-order chi connectivity index (χ0) is 28.1. The highest BCUT2D eigenvalue weighted by molar-refractivity contribution is 8.01. The van der Waals surface area contributed by atoms with E-state index in [4.69, 9.17) is 14.2 Å². The van der Waals surface area contributed by atoms with Crippen molar-refractivity contribution in [2.45, 2.75) is 66.6 Å². The molecular formula is C35H30O6S. The minimum atomic E-state index is -0.701. The Balaban J connectivity index is 0.999. The molecule has 0 saturated carbocycles. The van der Waals surface area contributed by atoms with Gasteiger partial charge in [-0.1, -0.05) is 60.7 Å². The number of benzene rings is 3. The van der Waals surface area contributed by atoms with E-state index in [0.29, 0.717) is 12.2 Å². The Labute approximate surface area is 248 Å². The molecule has 3 saturated heterocycles. The summed E-state index contributed by atoms with van der Waals surface area (Å²) in [6.45, 7) is 0. The molecule has 0 radical (unpaired) electrons. The van der Waals surface area contributed by atoms with Crippen LogP contribution in [0.4, 0.5) is 0 Å². The van der Waals surface area contributed by atoms with Gasteiger partial charge in [0.15, 0.2) is 12.2 Å². The second-order valence-corrected chi connectivity index (χ2v) is 13.9. The Morgan fingerprint density at radius 2 is 1.52 bits per heavy atom. The molecule has 3 aromatic carbocycles. The van der Waals surface area contributed by atoms with Crippen molar-refractivity contribution in [1.82, 2.24) is 0 Å². The molecule has 3 heterocycles. The fourth-order valence-electron chi connectivity index (χ4n) is 8.85. The van der Waals surface area contributed by atoms with E-state index >= 15 is 0 Å². The lowest BCUT2D eigenvalue weighted by molar-refractivity contribution is -0.165. The van der Waals surface area contributed by atoms with Crippen LogP contribution in [0.15, 0.2) is 66.7 Å².